The summed E-state index contributed by atoms with van der Waals surface area (Å²) >= 11 is 0. The van der Waals surface area contributed by atoms with E-state index in [2.05, 4.69) is 31.7 Å². The molecule has 1 saturated heterocycles. The van der Waals surface area contributed by atoms with Crippen LogP contribution < -0.4 is 0 Å². The van der Waals surface area contributed by atoms with Crippen LogP contribution in [-0.2, 0) is 0 Å². The lowest BCUT2D eigenvalue weighted by atomic mass is 10.0. The van der Waals surface area contributed by atoms with E-state index >= 15 is 0 Å². The van der Waals surface area contributed by atoms with Crippen LogP contribution in [0.3, 0.4) is 0 Å². The molecule has 0 saturated carbocycles. The van der Waals surface area contributed by atoms with Crippen LogP contribution in [-0.4, -0.2) is 49.9 Å². The van der Waals surface area contributed by atoms with E-state index in [9.17, 15) is 5.11 Å². The van der Waals surface area contributed by atoms with Crippen molar-refractivity contribution in [2.24, 2.45) is 0 Å². The van der Waals surface area contributed by atoms with Gasteiger partial charge in [-0.1, -0.05) is 6.07 Å². The normalized spacial score (nSPS) is 18.5. The molecule has 1 aliphatic heterocycles. The fourth-order valence-corrected chi connectivity index (χ4v) is 4.10. The SMILES string of the molecule is Cc1c(-c2ccc3ccoc3c2O)nnc2c1ncn2[C@@H]1CCCN(C)C1. The predicted molar refractivity (Wildman–Crippen MR) is 103 cm³/mol. The summed E-state index contributed by atoms with van der Waals surface area (Å²) in [6.07, 6.45) is 5.73. The van der Waals surface area contributed by atoms with Crippen molar-refractivity contribution in [3.05, 3.63) is 36.4 Å². The van der Waals surface area contributed by atoms with Crippen molar-refractivity contribution in [1.29, 1.82) is 0 Å². The molecule has 1 fully saturated rings. The second-order valence-corrected chi connectivity index (χ2v) is 7.36. The van der Waals surface area contributed by atoms with Gasteiger partial charge in [0.2, 0.25) is 0 Å². The van der Waals surface area contributed by atoms with Crippen molar-refractivity contribution in [3.63, 3.8) is 0 Å². The van der Waals surface area contributed by atoms with Gasteiger partial charge in [0.1, 0.15) is 11.2 Å². The molecular formula is C20H21N5O2. The maximum absolute atomic E-state index is 10.6. The van der Waals surface area contributed by atoms with Gasteiger partial charge in [-0.2, -0.15) is 0 Å². The van der Waals surface area contributed by atoms with Crippen molar-refractivity contribution < 1.29 is 9.52 Å². The molecule has 138 valence electrons. The Kier molecular flexibility index (Phi) is 3.65. The van der Waals surface area contributed by atoms with Crippen LogP contribution in [0.2, 0.25) is 0 Å². The molecule has 4 aromatic rings. The Balaban J connectivity index is 1.62. The number of piperidine rings is 1. The molecule has 5 rings (SSSR count). The molecule has 1 atom stereocenters. The lowest BCUT2D eigenvalue weighted by Gasteiger charge is -2.30. The van der Waals surface area contributed by atoms with Gasteiger partial charge in [-0.25, -0.2) is 4.98 Å². The van der Waals surface area contributed by atoms with Crippen molar-refractivity contribution in [2.75, 3.05) is 20.1 Å². The summed E-state index contributed by atoms with van der Waals surface area (Å²) in [7, 11) is 2.15. The highest BCUT2D eigenvalue weighted by atomic mass is 16.3. The van der Waals surface area contributed by atoms with Crippen LogP contribution in [0.25, 0.3) is 33.4 Å². The van der Waals surface area contributed by atoms with Crippen molar-refractivity contribution >= 4 is 22.1 Å². The van der Waals surface area contributed by atoms with Crippen molar-refractivity contribution in [3.8, 4) is 17.0 Å². The molecule has 0 amide bonds. The van der Waals surface area contributed by atoms with Gasteiger partial charge in [0.05, 0.1) is 12.6 Å². The zero-order valence-corrected chi connectivity index (χ0v) is 15.4. The number of aryl methyl sites for hydroxylation is 1. The van der Waals surface area contributed by atoms with E-state index in [0.717, 1.165) is 41.6 Å². The van der Waals surface area contributed by atoms with E-state index in [1.54, 1.807) is 6.26 Å². The standard InChI is InChI=1S/C20H21N5O2/c1-12-16(15-6-5-13-7-9-27-19(13)18(15)26)22-23-20-17(12)21-11-25(20)14-4-3-8-24(2)10-14/h5-7,9,11,14,26H,3-4,8,10H2,1-2H3/t14-/m1/s1. The summed E-state index contributed by atoms with van der Waals surface area (Å²) in [5, 5.41) is 20.4. The van der Waals surface area contributed by atoms with Crippen LogP contribution in [0.1, 0.15) is 24.4 Å². The average molecular weight is 363 g/mol. The number of likely N-dealkylation sites (tertiary alicyclic amines) is 1. The number of hydrogen-bond donors (Lipinski definition) is 1. The number of nitrogens with zero attached hydrogens (tertiary/aromatic N) is 5. The average Bonchev–Trinajstić information content (AvgIpc) is 3.30. The van der Waals surface area contributed by atoms with Crippen molar-refractivity contribution in [2.45, 2.75) is 25.8 Å². The third kappa shape index (κ3) is 2.49. The number of rotatable bonds is 2. The Morgan fingerprint density at radius 1 is 1.22 bits per heavy atom. The smallest absolute Gasteiger partial charge is 0.183 e. The van der Waals surface area contributed by atoms with Crippen LogP contribution in [0.15, 0.2) is 35.2 Å². The first-order chi connectivity index (χ1) is 13.1. The van der Waals surface area contributed by atoms with Gasteiger partial charge < -0.3 is 19.0 Å². The quantitative estimate of drug-likeness (QED) is 0.587. The molecule has 1 N–H and O–H groups in total. The Bertz CT molecular complexity index is 1150. The Morgan fingerprint density at radius 2 is 2.11 bits per heavy atom. The lowest BCUT2D eigenvalue weighted by Crippen LogP contribution is -2.33. The maximum Gasteiger partial charge on any atom is 0.183 e. The second kappa shape index (κ2) is 6.06. The maximum atomic E-state index is 10.6. The fraction of sp³-hybridized carbons (Fsp3) is 0.350. The minimum atomic E-state index is 0.0857. The van der Waals surface area contributed by atoms with Gasteiger partial charge >= 0.3 is 0 Å². The molecule has 0 aliphatic carbocycles. The number of phenolic OH excluding ortho intramolecular Hbond substituents is 1. The van der Waals surface area contributed by atoms with Gasteiger partial charge in [-0.15, -0.1) is 10.2 Å². The summed E-state index contributed by atoms with van der Waals surface area (Å²) in [6, 6.07) is 5.95. The topological polar surface area (TPSA) is 80.2 Å². The zero-order chi connectivity index (χ0) is 18.5. The minimum Gasteiger partial charge on any atom is -0.504 e. The van der Waals surface area contributed by atoms with Gasteiger partial charge in [-0.05, 0) is 45.5 Å². The molecular weight excluding hydrogens is 342 g/mol. The monoisotopic (exact) mass is 363 g/mol. The molecule has 1 aliphatic rings. The largest absolute Gasteiger partial charge is 0.504 e. The highest BCUT2D eigenvalue weighted by Gasteiger charge is 2.23. The second-order valence-electron chi connectivity index (χ2n) is 7.36. The highest BCUT2D eigenvalue weighted by molar-refractivity contribution is 5.92. The molecule has 1 aromatic carbocycles. The fourth-order valence-electron chi connectivity index (χ4n) is 4.10. The van der Waals surface area contributed by atoms with E-state index in [1.165, 1.54) is 6.42 Å². The summed E-state index contributed by atoms with van der Waals surface area (Å²) in [5.41, 5.74) is 4.23. The zero-order valence-electron chi connectivity index (χ0n) is 15.4. The van der Waals surface area contributed by atoms with Gasteiger partial charge in [0.25, 0.3) is 0 Å². The Morgan fingerprint density at radius 3 is 2.96 bits per heavy atom. The Labute approximate surface area is 156 Å². The van der Waals surface area contributed by atoms with Crippen molar-refractivity contribution in [1.82, 2.24) is 24.6 Å². The Hall–Kier alpha value is -2.93. The number of likely N-dealkylation sites (N-methyl/N-ethyl adjacent to an activating group) is 1. The molecule has 0 bridgehead atoms. The van der Waals surface area contributed by atoms with Crippen LogP contribution in [0, 0.1) is 6.92 Å². The summed E-state index contributed by atoms with van der Waals surface area (Å²) in [5.74, 6) is 0.0857. The third-order valence-corrected chi connectivity index (χ3v) is 5.57. The number of aromatic hydroxyl groups is 1. The molecule has 0 spiro atoms. The first-order valence-electron chi connectivity index (χ1n) is 9.21. The number of aromatic nitrogens is 4. The molecule has 4 heterocycles. The van der Waals surface area contributed by atoms with Gasteiger partial charge in [0.15, 0.2) is 17.0 Å². The van der Waals surface area contributed by atoms with E-state index < -0.39 is 0 Å². The first kappa shape index (κ1) is 16.3. The predicted octanol–water partition coefficient (Wildman–Crippen LogP) is 3.52. The highest BCUT2D eigenvalue weighted by Crippen LogP contribution is 2.38. The molecule has 0 unspecified atom stereocenters. The minimum absolute atomic E-state index is 0.0857. The number of imidazole rings is 1. The third-order valence-electron chi connectivity index (χ3n) is 5.57. The summed E-state index contributed by atoms with van der Waals surface area (Å²) in [6.45, 7) is 4.10. The number of fused-ring (bicyclic) bond motifs is 2. The number of furan rings is 1. The number of benzene rings is 1. The van der Waals surface area contributed by atoms with Crippen LogP contribution in [0.5, 0.6) is 5.75 Å². The first-order valence-corrected chi connectivity index (χ1v) is 9.21. The summed E-state index contributed by atoms with van der Waals surface area (Å²) < 4.78 is 7.55. The molecule has 7 nitrogen and oxygen atoms in total. The molecule has 27 heavy (non-hydrogen) atoms. The molecule has 0 radical (unpaired) electrons. The number of phenols is 1. The van der Waals surface area contributed by atoms with E-state index in [0.29, 0.717) is 22.9 Å². The number of hydrogen-bond acceptors (Lipinski definition) is 6. The van der Waals surface area contributed by atoms with E-state index in [1.807, 2.05) is 31.5 Å². The summed E-state index contributed by atoms with van der Waals surface area (Å²) in [4.78, 5) is 6.96. The van der Waals surface area contributed by atoms with Crippen LogP contribution in [0.4, 0.5) is 0 Å². The molecule has 7 heteroatoms. The molecule has 3 aromatic heterocycles. The van der Waals surface area contributed by atoms with Gasteiger partial charge in [-0.3, -0.25) is 0 Å². The lowest BCUT2D eigenvalue weighted by molar-refractivity contribution is 0.214. The van der Waals surface area contributed by atoms with Crippen LogP contribution >= 0.6 is 0 Å². The van der Waals surface area contributed by atoms with E-state index in [-0.39, 0.29) is 5.75 Å². The van der Waals surface area contributed by atoms with E-state index in [4.69, 9.17) is 4.42 Å². The van der Waals surface area contributed by atoms with Gasteiger partial charge in [0, 0.05) is 29.1 Å².